The molecular weight excluding hydrogens is 279 g/mol. The number of hydrogen-bond acceptors (Lipinski definition) is 2. The molecule has 2 rings (SSSR count). The SMILES string of the molecule is O=C(O)c1cc(-c2cc(F)cc(Br)c2)n[nH]1. The fourth-order valence-corrected chi connectivity index (χ4v) is 1.75. The van der Waals surface area contributed by atoms with Gasteiger partial charge in [0, 0.05) is 10.0 Å². The van der Waals surface area contributed by atoms with E-state index in [0.29, 0.717) is 15.7 Å². The van der Waals surface area contributed by atoms with E-state index >= 15 is 0 Å². The molecule has 0 radical (unpaired) electrons. The van der Waals surface area contributed by atoms with Gasteiger partial charge >= 0.3 is 5.97 Å². The summed E-state index contributed by atoms with van der Waals surface area (Å²) < 4.78 is 13.7. The van der Waals surface area contributed by atoms with E-state index in [9.17, 15) is 9.18 Å². The van der Waals surface area contributed by atoms with E-state index in [1.54, 1.807) is 6.07 Å². The molecule has 16 heavy (non-hydrogen) atoms. The summed E-state index contributed by atoms with van der Waals surface area (Å²) in [6, 6.07) is 5.61. The van der Waals surface area contributed by atoms with Gasteiger partial charge in [-0.1, -0.05) is 15.9 Å². The number of aromatic carboxylic acids is 1. The molecule has 0 aliphatic carbocycles. The van der Waals surface area contributed by atoms with Crippen LogP contribution in [-0.4, -0.2) is 21.3 Å². The summed E-state index contributed by atoms with van der Waals surface area (Å²) in [6.07, 6.45) is 0. The van der Waals surface area contributed by atoms with Gasteiger partial charge in [0.25, 0.3) is 0 Å². The summed E-state index contributed by atoms with van der Waals surface area (Å²) in [5.41, 5.74) is 0.864. The molecule has 0 fully saturated rings. The van der Waals surface area contributed by atoms with Gasteiger partial charge in [0.2, 0.25) is 0 Å². The Bertz CT molecular complexity index is 533. The number of aromatic amines is 1. The van der Waals surface area contributed by atoms with Gasteiger partial charge in [0.05, 0.1) is 5.69 Å². The summed E-state index contributed by atoms with van der Waals surface area (Å²) in [5.74, 6) is -1.52. The van der Waals surface area contributed by atoms with Crippen molar-refractivity contribution in [3.8, 4) is 11.3 Å². The lowest BCUT2D eigenvalue weighted by atomic mass is 10.1. The van der Waals surface area contributed by atoms with E-state index in [1.807, 2.05) is 0 Å². The number of H-pyrrole nitrogens is 1. The van der Waals surface area contributed by atoms with Gasteiger partial charge in [-0.05, 0) is 24.3 Å². The summed E-state index contributed by atoms with van der Waals surface area (Å²) in [6.45, 7) is 0. The molecule has 4 nitrogen and oxygen atoms in total. The van der Waals surface area contributed by atoms with E-state index < -0.39 is 11.8 Å². The molecule has 0 saturated carbocycles. The van der Waals surface area contributed by atoms with Crippen molar-refractivity contribution in [2.75, 3.05) is 0 Å². The number of halogens is 2. The molecule has 1 aromatic carbocycles. The van der Waals surface area contributed by atoms with Gasteiger partial charge < -0.3 is 5.11 Å². The Morgan fingerprint density at radius 1 is 1.38 bits per heavy atom. The number of hydrogen-bond donors (Lipinski definition) is 2. The summed E-state index contributed by atoms with van der Waals surface area (Å²) in [5, 5.41) is 14.9. The van der Waals surface area contributed by atoms with Crippen LogP contribution in [0.15, 0.2) is 28.7 Å². The van der Waals surface area contributed by atoms with Gasteiger partial charge in [-0.25, -0.2) is 9.18 Å². The smallest absolute Gasteiger partial charge is 0.353 e. The van der Waals surface area contributed by atoms with Crippen LogP contribution in [0.5, 0.6) is 0 Å². The molecule has 1 aromatic heterocycles. The quantitative estimate of drug-likeness (QED) is 0.891. The van der Waals surface area contributed by atoms with E-state index in [0.717, 1.165) is 0 Å². The van der Waals surface area contributed by atoms with Crippen LogP contribution in [0.3, 0.4) is 0 Å². The minimum absolute atomic E-state index is 0.0321. The van der Waals surface area contributed by atoms with E-state index in [-0.39, 0.29) is 5.69 Å². The minimum atomic E-state index is -1.10. The highest BCUT2D eigenvalue weighted by molar-refractivity contribution is 9.10. The number of carboxylic acids is 1. The molecule has 0 aliphatic rings. The molecule has 0 bridgehead atoms. The molecule has 0 aliphatic heterocycles. The number of aromatic nitrogens is 2. The Balaban J connectivity index is 2.46. The monoisotopic (exact) mass is 284 g/mol. The van der Waals surface area contributed by atoms with Gasteiger partial charge in [-0.3, -0.25) is 5.10 Å². The van der Waals surface area contributed by atoms with Gasteiger partial charge in [0.1, 0.15) is 11.5 Å². The van der Waals surface area contributed by atoms with E-state index in [1.165, 1.54) is 18.2 Å². The van der Waals surface area contributed by atoms with Crippen LogP contribution in [-0.2, 0) is 0 Å². The zero-order valence-electron chi connectivity index (χ0n) is 7.87. The number of benzene rings is 1. The van der Waals surface area contributed by atoms with E-state index in [2.05, 4.69) is 26.1 Å². The van der Waals surface area contributed by atoms with Gasteiger partial charge in [-0.2, -0.15) is 5.10 Å². The van der Waals surface area contributed by atoms with Crippen LogP contribution >= 0.6 is 15.9 Å². The first-order valence-corrected chi connectivity index (χ1v) is 5.11. The third-order valence-electron chi connectivity index (χ3n) is 1.97. The van der Waals surface area contributed by atoms with Crippen molar-refractivity contribution >= 4 is 21.9 Å². The highest BCUT2D eigenvalue weighted by atomic mass is 79.9. The van der Waals surface area contributed by atoms with Crippen molar-refractivity contribution in [3.05, 3.63) is 40.2 Å². The molecule has 0 saturated heterocycles. The van der Waals surface area contributed by atoms with Crippen molar-refractivity contribution in [2.24, 2.45) is 0 Å². The Labute approximate surface area is 98.2 Å². The first-order valence-electron chi connectivity index (χ1n) is 4.31. The fourth-order valence-electron chi connectivity index (χ4n) is 1.28. The average Bonchev–Trinajstić information content (AvgIpc) is 2.64. The topological polar surface area (TPSA) is 66.0 Å². The van der Waals surface area contributed by atoms with Crippen molar-refractivity contribution in [1.82, 2.24) is 10.2 Å². The largest absolute Gasteiger partial charge is 0.477 e. The normalized spacial score (nSPS) is 10.4. The van der Waals surface area contributed by atoms with Crippen molar-refractivity contribution in [1.29, 1.82) is 0 Å². The van der Waals surface area contributed by atoms with Crippen LogP contribution in [0.1, 0.15) is 10.5 Å². The Hall–Kier alpha value is -1.69. The third kappa shape index (κ3) is 2.11. The molecule has 6 heteroatoms. The lowest BCUT2D eigenvalue weighted by molar-refractivity contribution is 0.0690. The van der Waals surface area contributed by atoms with Gasteiger partial charge in [0.15, 0.2) is 0 Å². The number of carbonyl (C=O) groups is 1. The summed E-state index contributed by atoms with van der Waals surface area (Å²) in [7, 11) is 0. The maximum Gasteiger partial charge on any atom is 0.353 e. The molecular formula is C10H6BrFN2O2. The molecule has 2 aromatic rings. The van der Waals surface area contributed by atoms with E-state index in [4.69, 9.17) is 5.11 Å². The summed E-state index contributed by atoms with van der Waals surface area (Å²) >= 11 is 3.15. The number of carboxylic acid groups (broad SMARTS) is 1. The first-order chi connectivity index (χ1) is 7.56. The molecule has 82 valence electrons. The van der Waals surface area contributed by atoms with Crippen LogP contribution in [0, 0.1) is 5.82 Å². The average molecular weight is 285 g/mol. The number of nitrogens with zero attached hydrogens (tertiary/aromatic N) is 1. The first kappa shape index (κ1) is 10.8. The Morgan fingerprint density at radius 2 is 2.12 bits per heavy atom. The minimum Gasteiger partial charge on any atom is -0.477 e. The highest BCUT2D eigenvalue weighted by Gasteiger charge is 2.10. The maximum absolute atomic E-state index is 13.1. The van der Waals surface area contributed by atoms with Crippen LogP contribution in [0.4, 0.5) is 4.39 Å². The van der Waals surface area contributed by atoms with Crippen LogP contribution < -0.4 is 0 Å². The van der Waals surface area contributed by atoms with Crippen molar-refractivity contribution < 1.29 is 14.3 Å². The van der Waals surface area contributed by atoms with Crippen LogP contribution in [0.2, 0.25) is 0 Å². The fraction of sp³-hybridized carbons (Fsp3) is 0. The lowest BCUT2D eigenvalue weighted by Gasteiger charge is -1.97. The van der Waals surface area contributed by atoms with Crippen molar-refractivity contribution in [3.63, 3.8) is 0 Å². The van der Waals surface area contributed by atoms with Gasteiger partial charge in [-0.15, -0.1) is 0 Å². The third-order valence-corrected chi connectivity index (χ3v) is 2.42. The zero-order chi connectivity index (χ0) is 11.7. The predicted molar refractivity (Wildman–Crippen MR) is 58.6 cm³/mol. The zero-order valence-corrected chi connectivity index (χ0v) is 9.45. The maximum atomic E-state index is 13.1. The number of nitrogens with one attached hydrogen (secondary N) is 1. The molecule has 0 atom stereocenters. The second-order valence-electron chi connectivity index (χ2n) is 3.13. The molecule has 0 spiro atoms. The molecule has 0 amide bonds. The molecule has 0 unspecified atom stereocenters. The predicted octanol–water partition coefficient (Wildman–Crippen LogP) is 2.68. The highest BCUT2D eigenvalue weighted by Crippen LogP contribution is 2.23. The molecule has 2 N–H and O–H groups in total. The Kier molecular flexibility index (Phi) is 2.74. The lowest BCUT2D eigenvalue weighted by Crippen LogP contribution is -1.95. The Morgan fingerprint density at radius 3 is 2.69 bits per heavy atom. The number of rotatable bonds is 2. The van der Waals surface area contributed by atoms with Crippen molar-refractivity contribution in [2.45, 2.75) is 0 Å². The second-order valence-corrected chi connectivity index (χ2v) is 4.05. The second kappa shape index (κ2) is 4.05. The summed E-state index contributed by atoms with van der Waals surface area (Å²) in [4.78, 5) is 10.6. The standard InChI is InChI=1S/C10H6BrFN2O2/c11-6-1-5(2-7(12)3-6)8-4-9(10(15)16)14-13-8/h1-4H,(H,13,14)(H,15,16). The molecule has 1 heterocycles. The van der Waals surface area contributed by atoms with Crippen LogP contribution in [0.25, 0.3) is 11.3 Å².